The number of rotatable bonds is 3. The summed E-state index contributed by atoms with van der Waals surface area (Å²) in [6, 6.07) is 11.9. The van der Waals surface area contributed by atoms with E-state index in [-0.39, 0.29) is 17.2 Å². The van der Waals surface area contributed by atoms with Crippen molar-refractivity contribution in [3.05, 3.63) is 64.7 Å². The smallest absolute Gasteiger partial charge is 0.339 e. The zero-order valence-corrected chi connectivity index (χ0v) is 15.5. The molecule has 0 unspecified atom stereocenters. The van der Waals surface area contributed by atoms with Crippen molar-refractivity contribution in [3.63, 3.8) is 0 Å². The summed E-state index contributed by atoms with van der Waals surface area (Å²) in [5.74, 6) is -1.86. The third-order valence-electron chi connectivity index (χ3n) is 4.31. The Bertz CT molecular complexity index is 1190. The molecule has 0 saturated carbocycles. The van der Waals surface area contributed by atoms with Gasteiger partial charge in [-0.25, -0.2) is 9.79 Å². The molecule has 1 fully saturated rings. The minimum atomic E-state index is -1.22. The number of carbonyl (C=O) groups is 2. The van der Waals surface area contributed by atoms with E-state index in [4.69, 9.17) is 5.11 Å². The number of aromatic nitrogens is 1. The van der Waals surface area contributed by atoms with Gasteiger partial charge in [-0.2, -0.15) is 0 Å². The van der Waals surface area contributed by atoms with E-state index in [9.17, 15) is 14.7 Å². The predicted molar refractivity (Wildman–Crippen MR) is 109 cm³/mol. The van der Waals surface area contributed by atoms with Crippen LogP contribution < -0.4 is 5.32 Å². The van der Waals surface area contributed by atoms with Crippen LogP contribution in [0.4, 0.5) is 5.69 Å². The Balaban J connectivity index is 1.63. The van der Waals surface area contributed by atoms with Crippen LogP contribution in [0, 0.1) is 0 Å². The van der Waals surface area contributed by atoms with Crippen LogP contribution in [0.2, 0.25) is 0 Å². The summed E-state index contributed by atoms with van der Waals surface area (Å²) >= 11 is 1.19. The van der Waals surface area contributed by atoms with Gasteiger partial charge in [-0.1, -0.05) is 18.2 Å². The number of carboxylic acids is 1. The molecule has 28 heavy (non-hydrogen) atoms. The number of aryl methyl sites for hydroxylation is 1. The number of carboxylic acid groups (broad SMARTS) is 1. The summed E-state index contributed by atoms with van der Waals surface area (Å²) in [6.45, 7) is 0. The first-order valence-corrected chi connectivity index (χ1v) is 9.14. The van der Waals surface area contributed by atoms with E-state index in [0.29, 0.717) is 15.8 Å². The number of phenols is 1. The lowest BCUT2D eigenvalue weighted by atomic mass is 10.1. The van der Waals surface area contributed by atoms with Crippen molar-refractivity contribution >= 4 is 51.5 Å². The summed E-state index contributed by atoms with van der Waals surface area (Å²) in [4.78, 5) is 28.1. The third kappa shape index (κ3) is 3.25. The molecule has 1 aliphatic rings. The molecule has 0 spiro atoms. The molecule has 2 aromatic carbocycles. The van der Waals surface area contributed by atoms with Gasteiger partial charge in [0.1, 0.15) is 11.3 Å². The number of aromatic carboxylic acids is 1. The summed E-state index contributed by atoms with van der Waals surface area (Å²) in [5, 5.41) is 22.8. The van der Waals surface area contributed by atoms with Crippen molar-refractivity contribution in [3.8, 4) is 5.75 Å². The second kappa shape index (κ2) is 6.90. The second-order valence-corrected chi connectivity index (χ2v) is 7.23. The molecule has 0 aliphatic carbocycles. The van der Waals surface area contributed by atoms with Crippen LogP contribution in [0.25, 0.3) is 17.0 Å². The quantitative estimate of drug-likeness (QED) is 0.591. The van der Waals surface area contributed by atoms with E-state index in [1.165, 1.54) is 30.0 Å². The molecule has 140 valence electrons. The van der Waals surface area contributed by atoms with Gasteiger partial charge in [0.25, 0.3) is 5.91 Å². The van der Waals surface area contributed by atoms with E-state index in [0.717, 1.165) is 16.5 Å². The van der Waals surface area contributed by atoms with Gasteiger partial charge in [0, 0.05) is 35.8 Å². The standard InChI is InChI=1S/C20H15N3O4S/c1-23-10-11(13-4-2-3-5-15(13)23)8-17-18(25)22-20(28-17)21-12-6-7-14(19(26)27)16(24)9-12/h2-10,24H,1H3,(H,26,27)(H,21,22,25)/b17-8-. The zero-order chi connectivity index (χ0) is 19.8. The molecule has 0 bridgehead atoms. The van der Waals surface area contributed by atoms with Gasteiger partial charge in [-0.05, 0) is 36.0 Å². The maximum atomic E-state index is 12.3. The highest BCUT2D eigenvalue weighted by atomic mass is 32.2. The van der Waals surface area contributed by atoms with Crippen LogP contribution in [-0.2, 0) is 11.8 Å². The average molecular weight is 393 g/mol. The topological polar surface area (TPSA) is 104 Å². The summed E-state index contributed by atoms with van der Waals surface area (Å²) in [7, 11) is 1.95. The maximum Gasteiger partial charge on any atom is 0.339 e. The minimum Gasteiger partial charge on any atom is -0.507 e. The van der Waals surface area contributed by atoms with Gasteiger partial charge in [-0.3, -0.25) is 4.79 Å². The first kappa shape index (κ1) is 17.9. The SMILES string of the molecule is Cn1cc(/C=C2\SC(=Nc3ccc(C(=O)O)c(O)c3)NC2=O)c2ccccc21. The van der Waals surface area contributed by atoms with E-state index in [1.54, 1.807) is 0 Å². The molecule has 1 saturated heterocycles. The molecule has 0 atom stereocenters. The number of hydrogen-bond acceptors (Lipinski definition) is 5. The number of carbonyl (C=O) groups excluding carboxylic acids is 1. The van der Waals surface area contributed by atoms with Gasteiger partial charge in [0.15, 0.2) is 5.17 Å². The van der Waals surface area contributed by atoms with Crippen molar-refractivity contribution in [2.24, 2.45) is 12.0 Å². The van der Waals surface area contributed by atoms with Crippen LogP contribution in [0.5, 0.6) is 5.75 Å². The summed E-state index contributed by atoms with van der Waals surface area (Å²) in [6.07, 6.45) is 3.78. The number of fused-ring (bicyclic) bond motifs is 1. The number of hydrogen-bond donors (Lipinski definition) is 3. The van der Waals surface area contributed by atoms with Crippen molar-refractivity contribution in [1.82, 2.24) is 9.88 Å². The minimum absolute atomic E-state index is 0.205. The van der Waals surface area contributed by atoms with Gasteiger partial charge >= 0.3 is 5.97 Å². The third-order valence-corrected chi connectivity index (χ3v) is 5.22. The Kier molecular flexibility index (Phi) is 4.40. The Hall–Kier alpha value is -3.52. The Morgan fingerprint density at radius 1 is 1.25 bits per heavy atom. The molecule has 0 radical (unpaired) electrons. The van der Waals surface area contributed by atoms with E-state index in [2.05, 4.69) is 10.3 Å². The number of aliphatic imine (C=N–C) groups is 1. The number of thioether (sulfide) groups is 1. The van der Waals surface area contributed by atoms with E-state index >= 15 is 0 Å². The first-order chi connectivity index (χ1) is 13.4. The van der Waals surface area contributed by atoms with Gasteiger partial charge in [-0.15, -0.1) is 0 Å². The monoisotopic (exact) mass is 393 g/mol. The number of nitrogens with zero attached hydrogens (tertiary/aromatic N) is 2. The second-order valence-electron chi connectivity index (χ2n) is 6.20. The Morgan fingerprint density at radius 3 is 2.79 bits per heavy atom. The highest BCUT2D eigenvalue weighted by Crippen LogP contribution is 2.31. The lowest BCUT2D eigenvalue weighted by Gasteiger charge is -2.01. The zero-order valence-electron chi connectivity index (χ0n) is 14.7. The lowest BCUT2D eigenvalue weighted by molar-refractivity contribution is -0.115. The maximum absolute atomic E-state index is 12.3. The van der Waals surface area contributed by atoms with Crippen LogP contribution in [-0.4, -0.2) is 31.8 Å². The van der Waals surface area contributed by atoms with Crippen LogP contribution in [0.1, 0.15) is 15.9 Å². The van der Waals surface area contributed by atoms with Crippen LogP contribution in [0.3, 0.4) is 0 Å². The van der Waals surface area contributed by atoms with Gasteiger partial charge in [0.2, 0.25) is 0 Å². The first-order valence-electron chi connectivity index (χ1n) is 8.32. The molecule has 1 aromatic heterocycles. The van der Waals surface area contributed by atoms with Crippen molar-refractivity contribution in [2.45, 2.75) is 0 Å². The number of aromatic hydroxyl groups is 1. The number of amidine groups is 1. The molecule has 1 amide bonds. The Labute approximate surface area is 164 Å². The van der Waals surface area contributed by atoms with Crippen molar-refractivity contribution in [1.29, 1.82) is 0 Å². The molecule has 1 aliphatic heterocycles. The molecular formula is C20H15N3O4S. The summed E-state index contributed by atoms with van der Waals surface area (Å²) < 4.78 is 2.00. The molecule has 8 heteroatoms. The van der Waals surface area contributed by atoms with Crippen LogP contribution >= 0.6 is 11.8 Å². The average Bonchev–Trinajstić information content (AvgIpc) is 3.15. The number of nitrogens with one attached hydrogen (secondary N) is 1. The molecular weight excluding hydrogens is 378 g/mol. The van der Waals surface area contributed by atoms with E-state index in [1.807, 2.05) is 48.2 Å². The Morgan fingerprint density at radius 2 is 2.04 bits per heavy atom. The lowest BCUT2D eigenvalue weighted by Crippen LogP contribution is -2.19. The van der Waals surface area contributed by atoms with Gasteiger partial charge in [0.05, 0.1) is 10.6 Å². The molecule has 4 rings (SSSR count). The predicted octanol–water partition coefficient (Wildman–Crippen LogP) is 3.47. The fraction of sp³-hybridized carbons (Fsp3) is 0.0500. The van der Waals surface area contributed by atoms with Crippen molar-refractivity contribution in [2.75, 3.05) is 0 Å². The highest BCUT2D eigenvalue weighted by Gasteiger charge is 2.24. The van der Waals surface area contributed by atoms with E-state index < -0.39 is 5.97 Å². The molecule has 2 heterocycles. The van der Waals surface area contributed by atoms with Crippen LogP contribution in [0.15, 0.2) is 58.6 Å². The number of amides is 1. The number of para-hydroxylation sites is 1. The highest BCUT2D eigenvalue weighted by molar-refractivity contribution is 8.18. The normalized spacial score (nSPS) is 16.8. The summed E-state index contributed by atoms with van der Waals surface area (Å²) in [5.41, 5.74) is 2.14. The molecule has 7 nitrogen and oxygen atoms in total. The fourth-order valence-corrected chi connectivity index (χ4v) is 3.83. The van der Waals surface area contributed by atoms with Crippen molar-refractivity contribution < 1.29 is 19.8 Å². The molecule has 3 N–H and O–H groups in total. The molecule has 3 aromatic rings. The number of benzene rings is 2. The van der Waals surface area contributed by atoms with Gasteiger partial charge < -0.3 is 20.1 Å². The fourth-order valence-electron chi connectivity index (χ4n) is 3.00. The largest absolute Gasteiger partial charge is 0.507 e.